The van der Waals surface area contributed by atoms with Gasteiger partial charge in [-0.05, 0) is 24.3 Å². The van der Waals surface area contributed by atoms with E-state index in [1.54, 1.807) is 0 Å². The minimum absolute atomic E-state index is 0.00902. The zero-order chi connectivity index (χ0) is 21.2. The molecule has 154 valence electrons. The Morgan fingerprint density at radius 3 is 2.72 bits per heavy atom. The summed E-state index contributed by atoms with van der Waals surface area (Å²) in [5, 5.41) is 2.16. The van der Waals surface area contributed by atoms with Gasteiger partial charge >= 0.3 is 6.09 Å². The number of amides is 1. The molecule has 1 aromatic heterocycles. The van der Waals surface area contributed by atoms with Gasteiger partial charge in [-0.15, -0.1) is 0 Å². The Morgan fingerprint density at radius 1 is 1.31 bits per heavy atom. The van der Waals surface area contributed by atoms with Crippen molar-refractivity contribution in [3.05, 3.63) is 52.7 Å². The lowest BCUT2D eigenvalue weighted by Crippen LogP contribution is -2.45. The van der Waals surface area contributed by atoms with E-state index in [0.717, 1.165) is 30.5 Å². The Hall–Kier alpha value is -2.92. The molecule has 3 N–H and O–H groups in total. The van der Waals surface area contributed by atoms with Crippen LogP contribution in [-0.4, -0.2) is 36.6 Å². The molecule has 0 aliphatic carbocycles. The number of nitrogens with one attached hydrogen (secondary N) is 1. The first-order chi connectivity index (χ1) is 13.7. The number of aromatic nitrogens is 1. The molecular formula is C17H13ClF4N4O3. The first kappa shape index (κ1) is 20.8. The van der Waals surface area contributed by atoms with Crippen molar-refractivity contribution in [2.75, 3.05) is 18.5 Å². The number of pyridine rings is 1. The van der Waals surface area contributed by atoms with E-state index in [2.05, 4.69) is 15.3 Å². The minimum atomic E-state index is -3.15. The summed E-state index contributed by atoms with van der Waals surface area (Å²) in [6, 6.07) is 3.78. The third kappa shape index (κ3) is 4.40. The standard InChI is InChI=1S/C17H13ClF4N4O3/c18-8-3-12(20)14(24-5-8)29-16(27)25-9-1-2-11(19)10(4-9)17(15(21)22)7-28-6-13(23)26-17/h1-5,15H,6-7H2,(H2,23,26)(H,25,27)/t17-/m0/s1. The third-order valence-electron chi connectivity index (χ3n) is 3.92. The highest BCUT2D eigenvalue weighted by Crippen LogP contribution is 2.38. The van der Waals surface area contributed by atoms with E-state index >= 15 is 0 Å². The van der Waals surface area contributed by atoms with E-state index < -0.39 is 47.7 Å². The summed E-state index contributed by atoms with van der Waals surface area (Å²) in [6.45, 7) is -0.782. The number of carbonyl (C=O) groups excluding carboxylic acids is 1. The first-order valence-electron chi connectivity index (χ1n) is 8.01. The molecule has 0 saturated heterocycles. The maximum absolute atomic E-state index is 14.3. The summed E-state index contributed by atoms with van der Waals surface area (Å²) < 4.78 is 65.3. The Kier molecular flexibility index (Phi) is 5.89. The average Bonchev–Trinajstić information content (AvgIpc) is 2.65. The zero-order valence-electron chi connectivity index (χ0n) is 14.5. The number of hydrogen-bond donors (Lipinski definition) is 2. The fourth-order valence-corrected chi connectivity index (χ4v) is 2.79. The van der Waals surface area contributed by atoms with E-state index in [0.29, 0.717) is 0 Å². The van der Waals surface area contributed by atoms with Crippen molar-refractivity contribution >= 4 is 29.2 Å². The molecule has 1 amide bonds. The molecule has 0 fully saturated rings. The molecular weight excluding hydrogens is 420 g/mol. The Bertz CT molecular complexity index is 976. The van der Waals surface area contributed by atoms with Crippen LogP contribution < -0.4 is 15.8 Å². The van der Waals surface area contributed by atoms with Crippen LogP contribution in [0.5, 0.6) is 5.88 Å². The van der Waals surface area contributed by atoms with Crippen LogP contribution in [0.4, 0.5) is 28.0 Å². The fraction of sp³-hybridized carbons (Fsp3) is 0.235. The predicted molar refractivity (Wildman–Crippen MR) is 95.4 cm³/mol. The second-order valence-corrected chi connectivity index (χ2v) is 6.41. The number of carbonyl (C=O) groups is 1. The largest absolute Gasteiger partial charge is 0.418 e. The van der Waals surface area contributed by atoms with E-state index in [1.807, 2.05) is 0 Å². The topological polar surface area (TPSA) is 98.8 Å². The SMILES string of the molecule is NC1=N[C@@](c2cc(NC(=O)Oc3ncc(Cl)cc3F)ccc2F)(C(F)F)COC1. The van der Waals surface area contributed by atoms with Crippen LogP contribution in [0.15, 0.2) is 35.5 Å². The Labute approximate surface area is 166 Å². The summed E-state index contributed by atoms with van der Waals surface area (Å²) in [5.41, 5.74) is 2.47. The molecule has 1 aliphatic rings. The van der Waals surface area contributed by atoms with Gasteiger partial charge in [0.2, 0.25) is 0 Å². The highest BCUT2D eigenvalue weighted by Gasteiger charge is 2.46. The van der Waals surface area contributed by atoms with Crippen LogP contribution in [0.3, 0.4) is 0 Å². The van der Waals surface area contributed by atoms with E-state index in [-0.39, 0.29) is 23.2 Å². The molecule has 1 aliphatic heterocycles. The van der Waals surface area contributed by atoms with Gasteiger partial charge in [-0.25, -0.2) is 27.3 Å². The van der Waals surface area contributed by atoms with Gasteiger partial charge in [-0.2, -0.15) is 0 Å². The average molecular weight is 433 g/mol. The minimum Gasteiger partial charge on any atom is -0.388 e. The van der Waals surface area contributed by atoms with E-state index in [4.69, 9.17) is 26.8 Å². The summed E-state index contributed by atoms with van der Waals surface area (Å²) in [6.07, 6.45) is -3.28. The van der Waals surface area contributed by atoms with Crippen molar-refractivity contribution < 1.29 is 31.8 Å². The molecule has 3 rings (SSSR count). The molecule has 0 saturated carbocycles. The molecule has 1 atom stereocenters. The number of benzene rings is 1. The van der Waals surface area contributed by atoms with Crippen molar-refractivity contribution in [1.82, 2.24) is 4.98 Å². The van der Waals surface area contributed by atoms with Crippen molar-refractivity contribution in [1.29, 1.82) is 0 Å². The van der Waals surface area contributed by atoms with Gasteiger partial charge in [0.1, 0.15) is 18.3 Å². The number of nitrogens with zero attached hydrogens (tertiary/aromatic N) is 2. The van der Waals surface area contributed by atoms with Crippen LogP contribution in [0, 0.1) is 11.6 Å². The zero-order valence-corrected chi connectivity index (χ0v) is 15.2. The highest BCUT2D eigenvalue weighted by atomic mass is 35.5. The van der Waals surface area contributed by atoms with Gasteiger partial charge < -0.3 is 15.2 Å². The number of halogens is 5. The van der Waals surface area contributed by atoms with Crippen LogP contribution >= 0.6 is 11.6 Å². The highest BCUT2D eigenvalue weighted by molar-refractivity contribution is 6.30. The van der Waals surface area contributed by atoms with Crippen molar-refractivity contribution in [2.24, 2.45) is 10.7 Å². The quantitative estimate of drug-likeness (QED) is 0.721. The number of aliphatic imine (C=N–C) groups is 1. The fourth-order valence-electron chi connectivity index (χ4n) is 2.64. The van der Waals surface area contributed by atoms with Crippen LogP contribution in [0.1, 0.15) is 5.56 Å². The molecule has 29 heavy (non-hydrogen) atoms. The Balaban J connectivity index is 1.87. The maximum atomic E-state index is 14.3. The summed E-state index contributed by atoms with van der Waals surface area (Å²) in [7, 11) is 0. The number of alkyl halides is 2. The normalized spacial score (nSPS) is 19.0. The van der Waals surface area contributed by atoms with Crippen molar-refractivity contribution in [3.63, 3.8) is 0 Å². The summed E-state index contributed by atoms with van der Waals surface area (Å²) >= 11 is 5.55. The van der Waals surface area contributed by atoms with Crippen LogP contribution in [0.2, 0.25) is 5.02 Å². The number of amidine groups is 1. The molecule has 0 radical (unpaired) electrons. The second kappa shape index (κ2) is 8.21. The first-order valence-corrected chi connectivity index (χ1v) is 8.39. The van der Waals surface area contributed by atoms with Crippen molar-refractivity contribution in [2.45, 2.75) is 12.0 Å². The van der Waals surface area contributed by atoms with Gasteiger partial charge in [0.25, 0.3) is 12.3 Å². The van der Waals surface area contributed by atoms with Crippen LogP contribution in [0.25, 0.3) is 0 Å². The molecule has 7 nitrogen and oxygen atoms in total. The number of hydrogen-bond acceptors (Lipinski definition) is 6. The lowest BCUT2D eigenvalue weighted by molar-refractivity contribution is -0.0145. The number of ether oxygens (including phenoxy) is 2. The smallest absolute Gasteiger partial charge is 0.388 e. The molecule has 12 heteroatoms. The monoisotopic (exact) mass is 432 g/mol. The molecule has 0 bridgehead atoms. The molecule has 2 aromatic rings. The van der Waals surface area contributed by atoms with Gasteiger partial charge in [-0.1, -0.05) is 11.6 Å². The number of nitrogens with two attached hydrogens (primary N) is 1. The number of anilines is 1. The summed E-state index contributed by atoms with van der Waals surface area (Å²) in [5.74, 6) is -2.88. The van der Waals surface area contributed by atoms with Gasteiger partial charge in [0.05, 0.1) is 11.6 Å². The van der Waals surface area contributed by atoms with Crippen molar-refractivity contribution in [3.8, 4) is 5.88 Å². The molecule has 0 unspecified atom stereocenters. The maximum Gasteiger partial charge on any atom is 0.418 e. The molecule has 0 spiro atoms. The predicted octanol–water partition coefficient (Wildman–Crippen LogP) is 3.47. The molecule has 1 aromatic carbocycles. The lowest BCUT2D eigenvalue weighted by Gasteiger charge is -2.33. The van der Waals surface area contributed by atoms with Gasteiger partial charge in [0.15, 0.2) is 11.4 Å². The Morgan fingerprint density at radius 2 is 2.07 bits per heavy atom. The molecule has 2 heterocycles. The van der Waals surface area contributed by atoms with E-state index in [1.165, 1.54) is 0 Å². The second-order valence-electron chi connectivity index (χ2n) is 5.97. The number of rotatable bonds is 4. The van der Waals surface area contributed by atoms with Gasteiger partial charge in [-0.3, -0.25) is 10.3 Å². The lowest BCUT2D eigenvalue weighted by atomic mass is 9.90. The summed E-state index contributed by atoms with van der Waals surface area (Å²) in [4.78, 5) is 19.2. The third-order valence-corrected chi connectivity index (χ3v) is 4.13. The van der Waals surface area contributed by atoms with Crippen LogP contribution in [-0.2, 0) is 10.3 Å². The van der Waals surface area contributed by atoms with E-state index in [9.17, 15) is 22.4 Å². The van der Waals surface area contributed by atoms with Gasteiger partial charge in [0, 0.05) is 17.4 Å².